The summed E-state index contributed by atoms with van der Waals surface area (Å²) < 4.78 is 12.9. The number of benzene rings is 3. The van der Waals surface area contributed by atoms with E-state index in [0.29, 0.717) is 17.5 Å². The molecule has 1 atom stereocenters. The molecule has 8 heteroatoms. The third-order valence-corrected chi connectivity index (χ3v) is 6.72. The molecule has 0 spiro atoms. The van der Waals surface area contributed by atoms with E-state index < -0.39 is 5.25 Å². The molecule has 0 fully saturated rings. The van der Waals surface area contributed by atoms with E-state index in [2.05, 4.69) is 15.5 Å². The third-order valence-electron chi connectivity index (χ3n) is 5.64. The Morgan fingerprint density at radius 2 is 1.89 bits per heavy atom. The molecule has 1 N–H and O–H groups in total. The molecule has 0 aliphatic rings. The Hall–Kier alpha value is -4.04. The Labute approximate surface area is 207 Å². The van der Waals surface area contributed by atoms with Crippen LogP contribution >= 0.6 is 11.8 Å². The van der Waals surface area contributed by atoms with Crippen LogP contribution in [0, 0.1) is 0 Å². The van der Waals surface area contributed by atoms with Gasteiger partial charge in [0.25, 0.3) is 0 Å². The number of fused-ring (bicyclic) bond motifs is 1. The largest absolute Gasteiger partial charge is 0.497 e. The van der Waals surface area contributed by atoms with Crippen molar-refractivity contribution in [3.05, 3.63) is 90.9 Å². The lowest BCUT2D eigenvalue weighted by atomic mass is 10.1. The summed E-state index contributed by atoms with van der Waals surface area (Å²) >= 11 is 1.35. The maximum absolute atomic E-state index is 13.1. The third kappa shape index (κ3) is 4.93. The van der Waals surface area contributed by atoms with Gasteiger partial charge >= 0.3 is 0 Å². The van der Waals surface area contributed by atoms with Crippen LogP contribution in [0.5, 0.6) is 5.75 Å². The van der Waals surface area contributed by atoms with E-state index in [0.717, 1.165) is 33.5 Å². The summed E-state index contributed by atoms with van der Waals surface area (Å²) in [6, 6.07) is 25.3. The summed E-state index contributed by atoms with van der Waals surface area (Å²) in [4.78, 5) is 13.1. The van der Waals surface area contributed by atoms with Crippen LogP contribution < -0.4 is 10.1 Å². The number of methoxy groups -OCH3 is 1. The van der Waals surface area contributed by atoms with Crippen LogP contribution in [0.3, 0.4) is 0 Å². The van der Waals surface area contributed by atoms with Crippen molar-refractivity contribution in [2.24, 2.45) is 0 Å². The van der Waals surface area contributed by atoms with Crippen molar-refractivity contribution >= 4 is 34.1 Å². The summed E-state index contributed by atoms with van der Waals surface area (Å²) in [5.41, 5.74) is 1.65. The molecule has 5 aromatic rings. The zero-order chi connectivity index (χ0) is 24.2. The molecule has 0 saturated heterocycles. The second kappa shape index (κ2) is 10.1. The lowest BCUT2D eigenvalue weighted by molar-refractivity contribution is -0.115. The maximum atomic E-state index is 13.1. The molecule has 1 unspecified atom stereocenters. The van der Waals surface area contributed by atoms with Crippen molar-refractivity contribution in [2.75, 3.05) is 12.4 Å². The fourth-order valence-corrected chi connectivity index (χ4v) is 4.68. The molecule has 1 amide bonds. The number of carbonyl (C=O) groups is 1. The van der Waals surface area contributed by atoms with Gasteiger partial charge in [-0.2, -0.15) is 0 Å². The van der Waals surface area contributed by atoms with Crippen LogP contribution in [0.15, 0.2) is 94.7 Å². The summed E-state index contributed by atoms with van der Waals surface area (Å²) in [6.07, 6.45) is 1.64. The number of thioether (sulfide) groups is 1. The fraction of sp³-hybridized carbons (Fsp3) is 0.148. The first-order valence-corrected chi connectivity index (χ1v) is 12.1. The predicted molar refractivity (Wildman–Crippen MR) is 138 cm³/mol. The fourth-order valence-electron chi connectivity index (χ4n) is 3.83. The second-order valence-electron chi connectivity index (χ2n) is 7.98. The van der Waals surface area contributed by atoms with Crippen LogP contribution in [0.25, 0.3) is 22.2 Å². The Morgan fingerprint density at radius 1 is 1.06 bits per heavy atom. The molecular formula is C27H24N4O3S. The van der Waals surface area contributed by atoms with Crippen LogP contribution in [-0.2, 0) is 11.3 Å². The number of aromatic nitrogens is 3. The van der Waals surface area contributed by atoms with E-state index in [4.69, 9.17) is 9.15 Å². The molecule has 2 aromatic heterocycles. The van der Waals surface area contributed by atoms with Gasteiger partial charge in [0.05, 0.1) is 25.2 Å². The van der Waals surface area contributed by atoms with Gasteiger partial charge in [0.2, 0.25) is 5.91 Å². The van der Waals surface area contributed by atoms with Crippen molar-refractivity contribution in [1.29, 1.82) is 0 Å². The molecule has 176 valence electrons. The van der Waals surface area contributed by atoms with E-state index in [9.17, 15) is 4.79 Å². The normalized spacial score (nSPS) is 11.9. The number of nitrogens with zero attached hydrogens (tertiary/aromatic N) is 3. The van der Waals surface area contributed by atoms with Gasteiger partial charge in [-0.05, 0) is 42.6 Å². The van der Waals surface area contributed by atoms with Gasteiger partial charge < -0.3 is 14.5 Å². The first kappa shape index (κ1) is 22.7. The number of nitrogens with one attached hydrogen (secondary N) is 1. The summed E-state index contributed by atoms with van der Waals surface area (Å²) in [5.74, 6) is 2.06. The monoisotopic (exact) mass is 484 g/mol. The average molecular weight is 485 g/mol. The van der Waals surface area contributed by atoms with Crippen molar-refractivity contribution in [3.8, 4) is 17.1 Å². The van der Waals surface area contributed by atoms with E-state index in [1.165, 1.54) is 11.8 Å². The van der Waals surface area contributed by atoms with Gasteiger partial charge in [0, 0.05) is 16.6 Å². The highest BCUT2D eigenvalue weighted by atomic mass is 32.2. The van der Waals surface area contributed by atoms with Gasteiger partial charge in [0.1, 0.15) is 11.5 Å². The van der Waals surface area contributed by atoms with Crippen LogP contribution in [0.1, 0.15) is 12.7 Å². The highest BCUT2D eigenvalue weighted by Crippen LogP contribution is 2.30. The molecule has 0 aliphatic carbocycles. The first-order chi connectivity index (χ1) is 17.1. The summed E-state index contributed by atoms with van der Waals surface area (Å²) in [7, 11) is 1.63. The second-order valence-corrected chi connectivity index (χ2v) is 9.29. The number of hydrogen-bond acceptors (Lipinski definition) is 6. The van der Waals surface area contributed by atoms with Crippen molar-refractivity contribution < 1.29 is 13.9 Å². The SMILES string of the molecule is COc1cccc(-c2nnc(SC(C)C(=O)Nc3cccc4ccccc34)n2Cc2ccco2)c1. The van der Waals surface area contributed by atoms with Crippen LogP contribution in [0.4, 0.5) is 5.69 Å². The number of hydrogen-bond donors (Lipinski definition) is 1. The van der Waals surface area contributed by atoms with E-state index in [-0.39, 0.29) is 5.91 Å². The number of amides is 1. The molecule has 0 bridgehead atoms. The average Bonchev–Trinajstić information content (AvgIpc) is 3.55. The van der Waals surface area contributed by atoms with E-state index in [1.54, 1.807) is 13.4 Å². The van der Waals surface area contributed by atoms with E-state index in [1.807, 2.05) is 90.4 Å². The molecule has 7 nitrogen and oxygen atoms in total. The van der Waals surface area contributed by atoms with Gasteiger partial charge in [0.15, 0.2) is 11.0 Å². The molecule has 0 saturated carbocycles. The molecule has 5 rings (SSSR count). The Kier molecular flexibility index (Phi) is 6.54. The maximum Gasteiger partial charge on any atom is 0.237 e. The first-order valence-electron chi connectivity index (χ1n) is 11.2. The van der Waals surface area contributed by atoms with Crippen molar-refractivity contribution in [2.45, 2.75) is 23.9 Å². The smallest absolute Gasteiger partial charge is 0.237 e. The zero-order valence-electron chi connectivity index (χ0n) is 19.3. The minimum atomic E-state index is -0.410. The number of anilines is 1. The van der Waals surface area contributed by atoms with Crippen LogP contribution in [-0.4, -0.2) is 33.0 Å². The highest BCUT2D eigenvalue weighted by molar-refractivity contribution is 8.00. The molecule has 0 aliphatic heterocycles. The van der Waals surface area contributed by atoms with Gasteiger partial charge in [-0.25, -0.2) is 0 Å². The van der Waals surface area contributed by atoms with Gasteiger partial charge in [-0.3, -0.25) is 9.36 Å². The zero-order valence-corrected chi connectivity index (χ0v) is 20.2. The minimum absolute atomic E-state index is 0.109. The number of carbonyl (C=O) groups excluding carboxylic acids is 1. The van der Waals surface area contributed by atoms with E-state index >= 15 is 0 Å². The number of ether oxygens (including phenoxy) is 1. The number of rotatable bonds is 8. The van der Waals surface area contributed by atoms with Crippen molar-refractivity contribution in [3.63, 3.8) is 0 Å². The Morgan fingerprint density at radius 3 is 2.71 bits per heavy atom. The summed E-state index contributed by atoms with van der Waals surface area (Å²) in [6.45, 7) is 2.30. The molecule has 0 radical (unpaired) electrons. The molecule has 2 heterocycles. The molecule has 35 heavy (non-hydrogen) atoms. The van der Waals surface area contributed by atoms with Crippen molar-refractivity contribution in [1.82, 2.24) is 14.8 Å². The lowest BCUT2D eigenvalue weighted by Crippen LogP contribution is -2.23. The lowest BCUT2D eigenvalue weighted by Gasteiger charge is -2.14. The van der Waals surface area contributed by atoms with Crippen LogP contribution in [0.2, 0.25) is 0 Å². The quantitative estimate of drug-likeness (QED) is 0.278. The Balaban J connectivity index is 1.41. The van der Waals surface area contributed by atoms with Gasteiger partial charge in [-0.1, -0.05) is 60.3 Å². The minimum Gasteiger partial charge on any atom is -0.497 e. The standard InChI is InChI=1S/C27H24N4O3S/c1-18(26(32)28-24-14-6-9-19-8-3-4-13-23(19)24)35-27-30-29-25(20-10-5-11-21(16-20)33-2)31(27)17-22-12-7-15-34-22/h3-16,18H,17H2,1-2H3,(H,28,32). The van der Waals surface area contributed by atoms with Gasteiger partial charge in [-0.15, -0.1) is 10.2 Å². The Bertz CT molecular complexity index is 1460. The molecule has 3 aromatic carbocycles. The topological polar surface area (TPSA) is 82.2 Å². The number of furan rings is 1. The summed E-state index contributed by atoms with van der Waals surface area (Å²) in [5, 5.41) is 14.2. The molecular weight excluding hydrogens is 460 g/mol. The highest BCUT2D eigenvalue weighted by Gasteiger charge is 2.22. The predicted octanol–water partition coefficient (Wildman–Crippen LogP) is 5.87.